The maximum Gasteiger partial charge on any atom is 0.209 e. The second-order valence-corrected chi connectivity index (χ2v) is 9.65. The Bertz CT molecular complexity index is 1260. The van der Waals surface area contributed by atoms with Crippen LogP contribution in [-0.2, 0) is 4.79 Å². The van der Waals surface area contributed by atoms with Crippen LogP contribution >= 0.6 is 22.9 Å². The number of aromatic nitrogens is 4. The fourth-order valence-electron chi connectivity index (χ4n) is 4.75. The topological polar surface area (TPSA) is 113 Å². The molecule has 2 saturated carbocycles. The van der Waals surface area contributed by atoms with E-state index in [4.69, 9.17) is 11.6 Å². The van der Waals surface area contributed by atoms with Crippen LogP contribution in [0.15, 0.2) is 18.5 Å². The van der Waals surface area contributed by atoms with Crippen LogP contribution in [-0.4, -0.2) is 54.3 Å². The van der Waals surface area contributed by atoms with E-state index in [9.17, 15) is 15.0 Å². The van der Waals surface area contributed by atoms with Crippen molar-refractivity contribution in [2.75, 3.05) is 11.9 Å². The normalized spacial score (nSPS) is 28.8. The van der Waals surface area contributed by atoms with Gasteiger partial charge in [0.1, 0.15) is 11.9 Å². The predicted molar refractivity (Wildman–Crippen MR) is 117 cm³/mol. The number of carbonyl (C=O) groups excluding carboxylic acids is 1. The number of nitrogens with zero attached hydrogens (tertiary/aromatic N) is 4. The molecule has 8 nitrogen and oxygen atoms in total. The zero-order valence-corrected chi connectivity index (χ0v) is 18.4. The molecule has 0 aliphatic heterocycles. The number of aliphatic hydroxyl groups is 2. The molecule has 3 heterocycles. The number of imidazole rings is 1. The van der Waals surface area contributed by atoms with Crippen molar-refractivity contribution in [2.45, 2.75) is 38.5 Å². The first-order valence-corrected chi connectivity index (χ1v) is 11.2. The average molecular weight is 458 g/mol. The van der Waals surface area contributed by atoms with E-state index in [0.29, 0.717) is 40.1 Å². The lowest BCUT2D eigenvalue weighted by Crippen LogP contribution is -2.36. The largest absolute Gasteiger partial charge is 0.389 e. The SMILES string of the molecule is CCNc1nc(C#Cc2ccc(Cl)s2)nc2c1ncn2[C@@H]1C2C[C@@]2(C(C)=O)C(O)[C@H]1O. The van der Waals surface area contributed by atoms with Gasteiger partial charge in [0, 0.05) is 6.54 Å². The maximum atomic E-state index is 12.2. The summed E-state index contributed by atoms with van der Waals surface area (Å²) in [4.78, 5) is 26.5. The molecule has 2 aliphatic rings. The number of thiophene rings is 1. The van der Waals surface area contributed by atoms with Gasteiger partial charge < -0.3 is 20.1 Å². The number of hydrogen-bond donors (Lipinski definition) is 3. The molecule has 3 N–H and O–H groups in total. The summed E-state index contributed by atoms with van der Waals surface area (Å²) >= 11 is 7.34. The number of Topliss-reactive ketones (excluding diaryl/α,β-unsaturated/α-hetero) is 1. The van der Waals surface area contributed by atoms with Crippen LogP contribution in [0.4, 0.5) is 5.82 Å². The average Bonchev–Trinajstić information content (AvgIpc) is 2.99. The highest BCUT2D eigenvalue weighted by atomic mass is 35.5. The lowest BCUT2D eigenvalue weighted by atomic mass is 9.95. The Balaban J connectivity index is 1.60. The molecule has 160 valence electrons. The van der Waals surface area contributed by atoms with Crippen molar-refractivity contribution in [1.82, 2.24) is 19.5 Å². The van der Waals surface area contributed by atoms with Gasteiger partial charge in [0.05, 0.1) is 33.1 Å². The number of carbonyl (C=O) groups is 1. The monoisotopic (exact) mass is 457 g/mol. The Morgan fingerprint density at radius 3 is 2.84 bits per heavy atom. The molecule has 0 saturated heterocycles. The van der Waals surface area contributed by atoms with Crippen LogP contribution in [0.3, 0.4) is 0 Å². The van der Waals surface area contributed by atoms with Crippen molar-refractivity contribution in [3.63, 3.8) is 0 Å². The standard InChI is InChI=1S/C21H20ClN5O3S/c1-3-23-19-15-20(26-14(25-19)7-5-11-4-6-13(22)31-11)27(9-24-15)16-12-8-21(12,10(2)28)18(30)17(16)29/h4,6,9,12,16-18,29-30H,3,8H2,1-2H3,(H,23,25,26)/t12?,16-,17+,18?,21+/m1/s1. The fraction of sp³-hybridized carbons (Fsp3) is 0.429. The van der Waals surface area contributed by atoms with E-state index in [-0.39, 0.29) is 11.7 Å². The van der Waals surface area contributed by atoms with Gasteiger partial charge in [0.2, 0.25) is 5.82 Å². The highest BCUT2D eigenvalue weighted by molar-refractivity contribution is 7.16. The van der Waals surface area contributed by atoms with Gasteiger partial charge in [-0.25, -0.2) is 15.0 Å². The molecule has 31 heavy (non-hydrogen) atoms. The molecule has 3 aromatic rings. The summed E-state index contributed by atoms with van der Waals surface area (Å²) in [5.41, 5.74) is 0.176. The number of nitrogens with one attached hydrogen (secondary N) is 1. The number of hydrogen-bond acceptors (Lipinski definition) is 8. The summed E-state index contributed by atoms with van der Waals surface area (Å²) in [7, 11) is 0. The van der Waals surface area contributed by atoms with Crippen molar-refractivity contribution in [3.8, 4) is 11.8 Å². The molecule has 2 unspecified atom stereocenters. The number of rotatable bonds is 4. The summed E-state index contributed by atoms with van der Waals surface area (Å²) in [6.07, 6.45) is -0.0521. The summed E-state index contributed by atoms with van der Waals surface area (Å²) in [6, 6.07) is 3.12. The number of ketones is 1. The Labute approximate surface area is 187 Å². The van der Waals surface area contributed by atoms with Gasteiger partial charge in [-0.2, -0.15) is 0 Å². The molecule has 5 rings (SSSR count). The molecule has 0 bridgehead atoms. The van der Waals surface area contributed by atoms with E-state index in [1.54, 1.807) is 17.0 Å². The summed E-state index contributed by atoms with van der Waals surface area (Å²) < 4.78 is 2.40. The van der Waals surface area contributed by atoms with E-state index in [0.717, 1.165) is 4.88 Å². The molecule has 0 amide bonds. The van der Waals surface area contributed by atoms with Crippen molar-refractivity contribution >= 4 is 45.7 Å². The first kappa shape index (κ1) is 20.4. The quantitative estimate of drug-likeness (QED) is 0.515. The van der Waals surface area contributed by atoms with Crippen molar-refractivity contribution in [1.29, 1.82) is 0 Å². The number of aliphatic hydroxyl groups excluding tert-OH is 2. The Morgan fingerprint density at radius 1 is 1.39 bits per heavy atom. The van der Waals surface area contributed by atoms with Crippen LogP contribution in [0.25, 0.3) is 11.2 Å². The molecular formula is C21H20ClN5O3S. The smallest absolute Gasteiger partial charge is 0.209 e. The van der Waals surface area contributed by atoms with Crippen LogP contribution in [0.1, 0.15) is 37.0 Å². The van der Waals surface area contributed by atoms with Gasteiger partial charge in [-0.15, -0.1) is 11.3 Å². The second-order valence-electron chi connectivity index (χ2n) is 7.94. The van der Waals surface area contributed by atoms with Crippen LogP contribution in [0.5, 0.6) is 0 Å². The van der Waals surface area contributed by atoms with Crippen LogP contribution < -0.4 is 5.32 Å². The number of anilines is 1. The zero-order valence-electron chi connectivity index (χ0n) is 16.8. The third kappa shape index (κ3) is 3.05. The van der Waals surface area contributed by atoms with Crippen molar-refractivity contribution in [2.24, 2.45) is 11.3 Å². The van der Waals surface area contributed by atoms with Crippen LogP contribution in [0, 0.1) is 23.2 Å². The minimum Gasteiger partial charge on any atom is -0.389 e. The third-order valence-electron chi connectivity index (χ3n) is 6.29. The second kappa shape index (κ2) is 7.28. The van der Waals surface area contributed by atoms with E-state index in [2.05, 4.69) is 32.1 Å². The molecule has 10 heteroatoms. The molecular weight excluding hydrogens is 438 g/mol. The predicted octanol–water partition coefficient (Wildman–Crippen LogP) is 2.24. The highest BCUT2D eigenvalue weighted by Crippen LogP contribution is 2.68. The minimum absolute atomic E-state index is 0.0971. The first-order chi connectivity index (χ1) is 14.9. The van der Waals surface area contributed by atoms with Gasteiger partial charge in [-0.1, -0.05) is 11.6 Å². The summed E-state index contributed by atoms with van der Waals surface area (Å²) in [6.45, 7) is 4.06. The Kier molecular flexibility index (Phi) is 4.79. The number of fused-ring (bicyclic) bond motifs is 2. The lowest BCUT2D eigenvalue weighted by molar-refractivity contribution is -0.128. The van der Waals surface area contributed by atoms with E-state index < -0.39 is 23.7 Å². The Hall–Kier alpha value is -2.51. The first-order valence-electron chi connectivity index (χ1n) is 9.99. The molecule has 0 aromatic carbocycles. The third-order valence-corrected chi connectivity index (χ3v) is 7.43. The van der Waals surface area contributed by atoms with Crippen molar-refractivity contribution in [3.05, 3.63) is 33.5 Å². The van der Waals surface area contributed by atoms with E-state index in [1.807, 2.05) is 13.0 Å². The van der Waals surface area contributed by atoms with Gasteiger partial charge in [-0.05, 0) is 50.2 Å². The molecule has 0 radical (unpaired) electrons. The summed E-state index contributed by atoms with van der Waals surface area (Å²) in [5, 5.41) is 24.5. The minimum atomic E-state index is -1.10. The van der Waals surface area contributed by atoms with E-state index in [1.165, 1.54) is 18.3 Å². The van der Waals surface area contributed by atoms with Gasteiger partial charge >= 0.3 is 0 Å². The zero-order chi connectivity index (χ0) is 21.9. The molecule has 5 atom stereocenters. The van der Waals surface area contributed by atoms with E-state index >= 15 is 0 Å². The van der Waals surface area contributed by atoms with Crippen LogP contribution in [0.2, 0.25) is 4.34 Å². The molecule has 0 spiro atoms. The number of halogens is 1. The fourth-order valence-corrected chi connectivity index (χ4v) is 5.65. The maximum absolute atomic E-state index is 12.2. The Morgan fingerprint density at radius 2 is 2.19 bits per heavy atom. The molecule has 3 aromatic heterocycles. The summed E-state index contributed by atoms with van der Waals surface area (Å²) in [5.74, 6) is 6.58. The molecule has 2 aliphatic carbocycles. The molecule has 2 fully saturated rings. The van der Waals surface area contributed by atoms with Gasteiger partial charge in [0.15, 0.2) is 17.0 Å². The van der Waals surface area contributed by atoms with Crippen molar-refractivity contribution < 1.29 is 15.0 Å². The van der Waals surface area contributed by atoms with Gasteiger partial charge in [-0.3, -0.25) is 4.79 Å². The highest BCUT2D eigenvalue weighted by Gasteiger charge is 2.74. The lowest BCUT2D eigenvalue weighted by Gasteiger charge is -2.23. The van der Waals surface area contributed by atoms with Gasteiger partial charge in [0.25, 0.3) is 0 Å².